The van der Waals surface area contributed by atoms with Crippen molar-refractivity contribution in [2.45, 2.75) is 6.92 Å². The predicted molar refractivity (Wildman–Crippen MR) is 87.7 cm³/mol. The van der Waals surface area contributed by atoms with Gasteiger partial charge in [0, 0.05) is 22.5 Å². The summed E-state index contributed by atoms with van der Waals surface area (Å²) in [6.45, 7) is 1.86. The molecule has 0 saturated heterocycles. The maximum absolute atomic E-state index is 12.3. The van der Waals surface area contributed by atoms with Crippen molar-refractivity contribution in [3.05, 3.63) is 77.1 Å². The quantitative estimate of drug-likeness (QED) is 0.792. The Hall–Kier alpha value is -2.59. The molecule has 1 N–H and O–H groups in total. The number of aryl methyl sites for hydroxylation is 1. The maximum atomic E-state index is 12.3. The van der Waals surface area contributed by atoms with Gasteiger partial charge in [-0.1, -0.05) is 35.9 Å². The first-order valence-electron chi connectivity index (χ1n) is 6.82. The molecule has 2 aromatic carbocycles. The van der Waals surface area contributed by atoms with Gasteiger partial charge in [0.05, 0.1) is 5.69 Å². The van der Waals surface area contributed by atoms with Crippen LogP contribution in [0, 0.1) is 6.92 Å². The predicted octanol–water partition coefficient (Wildman–Crippen LogP) is 4.09. The van der Waals surface area contributed by atoms with Gasteiger partial charge in [-0.05, 0) is 37.3 Å². The lowest BCUT2D eigenvalue weighted by molar-refractivity contribution is 0.102. The van der Waals surface area contributed by atoms with E-state index in [2.05, 4.69) is 10.4 Å². The first-order valence-corrected chi connectivity index (χ1v) is 7.20. The minimum absolute atomic E-state index is 0.232. The number of hydrogen-bond acceptors (Lipinski definition) is 2. The third-order valence-corrected chi connectivity index (χ3v) is 3.45. The highest BCUT2D eigenvalue weighted by atomic mass is 35.5. The third-order valence-electron chi connectivity index (χ3n) is 3.22. The third kappa shape index (κ3) is 3.02. The molecule has 0 unspecified atom stereocenters. The molecular formula is C17H14ClN3O. The van der Waals surface area contributed by atoms with Crippen LogP contribution < -0.4 is 5.32 Å². The van der Waals surface area contributed by atoms with Gasteiger partial charge in [0.25, 0.3) is 5.91 Å². The lowest BCUT2D eigenvalue weighted by Crippen LogP contribution is -2.14. The van der Waals surface area contributed by atoms with Crippen molar-refractivity contribution in [2.24, 2.45) is 0 Å². The largest absolute Gasteiger partial charge is 0.321 e. The molecular weight excluding hydrogens is 298 g/mol. The number of halogens is 1. The Morgan fingerprint density at radius 3 is 2.64 bits per heavy atom. The zero-order chi connectivity index (χ0) is 15.5. The number of para-hydroxylation sites is 1. The van der Waals surface area contributed by atoms with Gasteiger partial charge < -0.3 is 5.32 Å². The average Bonchev–Trinajstić information content (AvgIpc) is 2.90. The zero-order valence-corrected chi connectivity index (χ0v) is 12.7. The van der Waals surface area contributed by atoms with E-state index < -0.39 is 0 Å². The van der Waals surface area contributed by atoms with Gasteiger partial charge in [0.1, 0.15) is 0 Å². The number of benzene rings is 2. The summed E-state index contributed by atoms with van der Waals surface area (Å²) in [5.74, 6) is -0.232. The summed E-state index contributed by atoms with van der Waals surface area (Å²) in [5, 5.41) is 7.82. The molecule has 0 spiro atoms. The van der Waals surface area contributed by atoms with E-state index in [9.17, 15) is 4.79 Å². The highest BCUT2D eigenvalue weighted by molar-refractivity contribution is 6.30. The van der Waals surface area contributed by atoms with Crippen molar-refractivity contribution >= 4 is 23.2 Å². The van der Waals surface area contributed by atoms with Gasteiger partial charge in [-0.15, -0.1) is 0 Å². The summed E-state index contributed by atoms with van der Waals surface area (Å²) in [5.41, 5.74) is 2.75. The Balaban J connectivity index is 1.88. The van der Waals surface area contributed by atoms with Crippen molar-refractivity contribution in [1.29, 1.82) is 0 Å². The number of amides is 1. The van der Waals surface area contributed by atoms with E-state index in [4.69, 9.17) is 11.6 Å². The van der Waals surface area contributed by atoms with Crippen LogP contribution in [0.3, 0.4) is 0 Å². The van der Waals surface area contributed by atoms with Crippen LogP contribution >= 0.6 is 11.6 Å². The van der Waals surface area contributed by atoms with E-state index >= 15 is 0 Å². The van der Waals surface area contributed by atoms with E-state index in [1.807, 2.05) is 55.6 Å². The summed E-state index contributed by atoms with van der Waals surface area (Å²) in [7, 11) is 0. The van der Waals surface area contributed by atoms with E-state index in [1.54, 1.807) is 16.8 Å². The zero-order valence-electron chi connectivity index (χ0n) is 12.0. The Morgan fingerprint density at radius 1 is 1.14 bits per heavy atom. The van der Waals surface area contributed by atoms with Crippen LogP contribution in [0.25, 0.3) is 5.69 Å². The van der Waals surface area contributed by atoms with Gasteiger partial charge >= 0.3 is 0 Å². The number of aromatic nitrogens is 2. The molecule has 3 aromatic rings. The number of rotatable bonds is 3. The number of nitrogens with zero attached hydrogens (tertiary/aromatic N) is 2. The lowest BCUT2D eigenvalue weighted by atomic mass is 10.2. The molecule has 5 heteroatoms. The fraction of sp³-hybridized carbons (Fsp3) is 0.0588. The second-order valence-electron chi connectivity index (χ2n) is 4.91. The molecule has 3 rings (SSSR count). The van der Waals surface area contributed by atoms with Gasteiger partial charge in [-0.2, -0.15) is 5.10 Å². The Morgan fingerprint density at radius 2 is 1.91 bits per heavy atom. The minimum atomic E-state index is -0.232. The molecule has 0 fully saturated rings. The number of anilines is 1. The van der Waals surface area contributed by atoms with Crippen LogP contribution in [-0.2, 0) is 0 Å². The lowest BCUT2D eigenvalue weighted by Gasteiger charge is -2.03. The molecule has 1 amide bonds. The Bertz CT molecular complexity index is 812. The molecule has 4 nitrogen and oxygen atoms in total. The topological polar surface area (TPSA) is 46.9 Å². The average molecular weight is 312 g/mol. The summed E-state index contributed by atoms with van der Waals surface area (Å²) in [6.07, 6.45) is 1.81. The molecule has 1 heterocycles. The van der Waals surface area contributed by atoms with E-state index in [0.29, 0.717) is 10.7 Å². The number of carbonyl (C=O) groups is 1. The van der Waals surface area contributed by atoms with E-state index in [-0.39, 0.29) is 5.91 Å². The number of carbonyl (C=O) groups excluding carboxylic acids is 1. The summed E-state index contributed by atoms with van der Waals surface area (Å²) in [6, 6.07) is 16.6. The number of nitrogens with one attached hydrogen (secondary N) is 1. The van der Waals surface area contributed by atoms with Crippen molar-refractivity contribution in [3.63, 3.8) is 0 Å². The normalized spacial score (nSPS) is 10.5. The van der Waals surface area contributed by atoms with Gasteiger partial charge in [0.2, 0.25) is 0 Å². The van der Waals surface area contributed by atoms with Crippen molar-refractivity contribution in [3.8, 4) is 5.69 Å². The van der Waals surface area contributed by atoms with Crippen LogP contribution in [0.5, 0.6) is 0 Å². The molecule has 0 radical (unpaired) electrons. The molecule has 0 aliphatic rings. The van der Waals surface area contributed by atoms with E-state index in [1.165, 1.54) is 0 Å². The first-order chi connectivity index (χ1) is 10.6. The summed E-state index contributed by atoms with van der Waals surface area (Å²) >= 11 is 5.99. The molecule has 0 aliphatic carbocycles. The Labute approximate surface area is 133 Å². The van der Waals surface area contributed by atoms with Crippen LogP contribution in [0.4, 0.5) is 5.69 Å². The molecule has 0 atom stereocenters. The highest BCUT2D eigenvalue weighted by Gasteiger charge is 2.15. The molecule has 22 heavy (non-hydrogen) atoms. The van der Waals surface area contributed by atoms with Crippen molar-refractivity contribution in [1.82, 2.24) is 9.78 Å². The summed E-state index contributed by atoms with van der Waals surface area (Å²) in [4.78, 5) is 12.3. The summed E-state index contributed by atoms with van der Waals surface area (Å²) < 4.78 is 1.65. The number of hydrogen-bond donors (Lipinski definition) is 1. The van der Waals surface area contributed by atoms with Crippen LogP contribution in [-0.4, -0.2) is 15.7 Å². The smallest absolute Gasteiger partial charge is 0.276 e. The van der Waals surface area contributed by atoms with Crippen LogP contribution in [0.15, 0.2) is 60.8 Å². The van der Waals surface area contributed by atoms with Crippen molar-refractivity contribution in [2.75, 3.05) is 5.32 Å². The fourth-order valence-electron chi connectivity index (χ4n) is 2.15. The first kappa shape index (κ1) is 14.4. The monoisotopic (exact) mass is 311 g/mol. The molecule has 0 aliphatic heterocycles. The van der Waals surface area contributed by atoms with E-state index in [0.717, 1.165) is 16.9 Å². The van der Waals surface area contributed by atoms with Crippen LogP contribution in [0.2, 0.25) is 5.02 Å². The second kappa shape index (κ2) is 6.03. The van der Waals surface area contributed by atoms with Crippen LogP contribution in [0.1, 0.15) is 16.1 Å². The highest BCUT2D eigenvalue weighted by Crippen LogP contribution is 2.17. The maximum Gasteiger partial charge on any atom is 0.276 e. The fourth-order valence-corrected chi connectivity index (χ4v) is 2.33. The van der Waals surface area contributed by atoms with Gasteiger partial charge in [-0.3, -0.25) is 4.79 Å². The SMILES string of the molecule is Cc1cn(-c2cccc(Cl)c2)nc1C(=O)Nc1ccccc1. The molecule has 1 aromatic heterocycles. The second-order valence-corrected chi connectivity index (χ2v) is 5.34. The van der Waals surface area contributed by atoms with Crippen molar-refractivity contribution < 1.29 is 4.79 Å². The standard InChI is InChI=1S/C17H14ClN3O/c1-12-11-21(15-9-5-6-13(18)10-15)20-16(12)17(22)19-14-7-3-2-4-8-14/h2-11H,1H3,(H,19,22). The molecule has 0 bridgehead atoms. The van der Waals surface area contributed by atoms with Gasteiger partial charge in [-0.25, -0.2) is 4.68 Å². The molecule has 110 valence electrons. The Kier molecular flexibility index (Phi) is 3.94. The van der Waals surface area contributed by atoms with Gasteiger partial charge in [0.15, 0.2) is 5.69 Å². The molecule has 0 saturated carbocycles. The minimum Gasteiger partial charge on any atom is -0.321 e.